The number of amides is 2. The van der Waals surface area contributed by atoms with Gasteiger partial charge in [-0.25, -0.2) is 8.78 Å². The lowest BCUT2D eigenvalue weighted by molar-refractivity contribution is -0.134. The predicted octanol–water partition coefficient (Wildman–Crippen LogP) is 5.62. The van der Waals surface area contributed by atoms with E-state index in [0.717, 1.165) is 10.9 Å². The topological polar surface area (TPSA) is 67.3 Å². The van der Waals surface area contributed by atoms with Crippen molar-refractivity contribution in [2.45, 2.75) is 32.4 Å². The molecule has 2 aromatic heterocycles. The Balaban J connectivity index is 1.67. The van der Waals surface area contributed by atoms with Crippen LogP contribution in [-0.2, 0) is 21.1 Å². The predicted molar refractivity (Wildman–Crippen MR) is 139 cm³/mol. The van der Waals surface area contributed by atoms with Crippen LogP contribution in [0.3, 0.4) is 0 Å². The molecule has 0 aliphatic carbocycles. The quantitative estimate of drug-likeness (QED) is 0.201. The summed E-state index contributed by atoms with van der Waals surface area (Å²) in [5, 5.41) is 0.988. The highest BCUT2D eigenvalue weighted by atomic mass is 28.3. The van der Waals surface area contributed by atoms with Crippen LogP contribution in [0.5, 0.6) is 0 Å². The van der Waals surface area contributed by atoms with Gasteiger partial charge in [-0.3, -0.25) is 14.5 Å². The van der Waals surface area contributed by atoms with Gasteiger partial charge in [0.05, 0.1) is 16.7 Å². The number of nitrogens with one attached hydrogen (secondary N) is 1. The Morgan fingerprint density at radius 2 is 1.56 bits per heavy atom. The maximum absolute atomic E-state index is 14.4. The normalized spacial score (nSPS) is 14.8. The molecule has 1 aliphatic heterocycles. The molecule has 0 radical (unpaired) electrons. The van der Waals surface area contributed by atoms with Crippen molar-refractivity contribution in [2.24, 2.45) is 0 Å². The van der Waals surface area contributed by atoms with E-state index in [9.17, 15) is 18.4 Å². The summed E-state index contributed by atoms with van der Waals surface area (Å²) in [5.74, 6) is -1.90. The fourth-order valence-electron chi connectivity index (χ4n) is 4.56. The van der Waals surface area contributed by atoms with Crippen molar-refractivity contribution in [1.29, 1.82) is 0 Å². The van der Waals surface area contributed by atoms with Gasteiger partial charge >= 0.3 is 0 Å². The van der Waals surface area contributed by atoms with Gasteiger partial charge in [0.2, 0.25) is 0 Å². The molecule has 0 fully saturated rings. The molecule has 1 aliphatic rings. The van der Waals surface area contributed by atoms with Crippen LogP contribution in [0, 0.1) is 11.6 Å². The summed E-state index contributed by atoms with van der Waals surface area (Å²) in [5.41, 5.74) is 2.49. The van der Waals surface area contributed by atoms with Crippen LogP contribution in [0.4, 0.5) is 8.78 Å². The number of carbonyl (C=O) groups excluding carboxylic acids is 2. The summed E-state index contributed by atoms with van der Waals surface area (Å²) in [7, 11) is 0.137. The summed E-state index contributed by atoms with van der Waals surface area (Å²) < 4.78 is 36.2. The monoisotopic (exact) mass is 507 g/mol. The van der Waals surface area contributed by atoms with E-state index in [1.54, 1.807) is 24.5 Å². The first-order chi connectivity index (χ1) is 17.0. The SMILES string of the molecule is CN1C(=O)C(c2c[nH]c3ccc(F)cc23)=C(c2cn(COCC[Si](C)(C)C)c3ccc(F)cc23)C1=O. The Bertz CT molecular complexity index is 1560. The van der Waals surface area contributed by atoms with E-state index >= 15 is 0 Å². The second kappa shape index (κ2) is 8.83. The average Bonchev–Trinajstić information content (AvgIpc) is 3.44. The summed E-state index contributed by atoms with van der Waals surface area (Å²) >= 11 is 0. The van der Waals surface area contributed by atoms with Crippen molar-refractivity contribution >= 4 is 52.8 Å². The first-order valence-electron chi connectivity index (χ1n) is 11.8. The van der Waals surface area contributed by atoms with Gasteiger partial charge in [-0.2, -0.15) is 0 Å². The molecule has 4 aromatic rings. The van der Waals surface area contributed by atoms with Crippen LogP contribution in [0.15, 0.2) is 48.8 Å². The molecular weight excluding hydrogens is 480 g/mol. The van der Waals surface area contributed by atoms with Gasteiger partial charge in [0.25, 0.3) is 11.8 Å². The zero-order valence-corrected chi connectivity index (χ0v) is 21.6. The largest absolute Gasteiger partial charge is 0.361 e. The van der Waals surface area contributed by atoms with Crippen molar-refractivity contribution in [1.82, 2.24) is 14.5 Å². The van der Waals surface area contributed by atoms with Gasteiger partial charge in [-0.1, -0.05) is 19.6 Å². The number of aromatic nitrogens is 2. The van der Waals surface area contributed by atoms with Crippen molar-refractivity contribution in [3.8, 4) is 0 Å². The number of H-pyrrole nitrogens is 1. The molecule has 1 N–H and O–H groups in total. The maximum atomic E-state index is 14.4. The Morgan fingerprint density at radius 3 is 2.25 bits per heavy atom. The van der Waals surface area contributed by atoms with Crippen LogP contribution >= 0.6 is 0 Å². The highest BCUT2D eigenvalue weighted by molar-refractivity contribution is 6.76. The van der Waals surface area contributed by atoms with Crippen molar-refractivity contribution < 1.29 is 23.1 Å². The molecular formula is C27H27F2N3O3Si. The first-order valence-corrected chi connectivity index (χ1v) is 15.5. The molecule has 9 heteroatoms. The van der Waals surface area contributed by atoms with Crippen molar-refractivity contribution in [3.63, 3.8) is 0 Å². The van der Waals surface area contributed by atoms with Gasteiger partial charge in [-0.05, 0) is 42.4 Å². The zero-order valence-electron chi connectivity index (χ0n) is 20.6. The van der Waals surface area contributed by atoms with E-state index in [2.05, 4.69) is 24.6 Å². The second-order valence-electron chi connectivity index (χ2n) is 10.3. The molecule has 6 nitrogen and oxygen atoms in total. The van der Waals surface area contributed by atoms with Crippen LogP contribution in [0.25, 0.3) is 33.0 Å². The van der Waals surface area contributed by atoms with Crippen LogP contribution in [0.1, 0.15) is 11.1 Å². The van der Waals surface area contributed by atoms with Gasteiger partial charge < -0.3 is 14.3 Å². The molecule has 0 saturated carbocycles. The summed E-state index contributed by atoms with van der Waals surface area (Å²) in [6, 6.07) is 9.59. The molecule has 0 atom stereocenters. The van der Waals surface area contributed by atoms with E-state index in [0.29, 0.717) is 39.5 Å². The molecule has 0 bridgehead atoms. The van der Waals surface area contributed by atoms with Crippen LogP contribution in [0.2, 0.25) is 25.7 Å². The summed E-state index contributed by atoms with van der Waals surface area (Å²) in [4.78, 5) is 30.7. The van der Waals surface area contributed by atoms with Gasteiger partial charge in [0.1, 0.15) is 18.4 Å². The number of aromatic amines is 1. The number of likely N-dealkylation sites (N-methyl/N-ethyl adjacent to an activating group) is 1. The number of halogens is 2. The van der Waals surface area contributed by atoms with E-state index in [1.165, 1.54) is 31.3 Å². The molecule has 186 valence electrons. The summed E-state index contributed by atoms with van der Waals surface area (Å²) in [6.07, 6.45) is 3.33. The van der Waals surface area contributed by atoms with Crippen LogP contribution < -0.4 is 0 Å². The first kappa shape index (κ1) is 24.1. The molecule has 0 saturated heterocycles. The standard InChI is InChI=1S/C27H27F2N3O3Si/c1-31-26(33)24(20-13-30-22-7-5-16(28)11-18(20)22)25(27(31)34)21-14-32(15-35-9-10-36(2,3)4)23-8-6-17(29)12-19(21)23/h5-8,11-14,30H,9-10,15H2,1-4H3. The number of hydrogen-bond donors (Lipinski definition) is 1. The number of nitrogens with zero attached hydrogens (tertiary/aromatic N) is 2. The van der Waals surface area contributed by atoms with E-state index in [4.69, 9.17) is 4.74 Å². The number of carbonyl (C=O) groups is 2. The molecule has 36 heavy (non-hydrogen) atoms. The minimum atomic E-state index is -1.27. The third-order valence-electron chi connectivity index (χ3n) is 6.54. The number of benzene rings is 2. The third kappa shape index (κ3) is 4.18. The lowest BCUT2D eigenvalue weighted by Crippen LogP contribution is -2.26. The van der Waals surface area contributed by atoms with E-state index in [-0.39, 0.29) is 17.9 Å². The number of rotatable bonds is 7. The van der Waals surface area contributed by atoms with Gasteiger partial charge in [-0.15, -0.1) is 0 Å². The Morgan fingerprint density at radius 1 is 0.917 bits per heavy atom. The lowest BCUT2D eigenvalue weighted by Gasteiger charge is -2.15. The number of imide groups is 1. The van der Waals surface area contributed by atoms with Crippen molar-refractivity contribution in [2.75, 3.05) is 13.7 Å². The molecule has 5 rings (SSSR count). The average molecular weight is 508 g/mol. The maximum Gasteiger partial charge on any atom is 0.261 e. The molecule has 2 amide bonds. The highest BCUT2D eigenvalue weighted by Gasteiger charge is 2.39. The number of ether oxygens (including phenoxy) is 1. The molecule has 3 heterocycles. The van der Waals surface area contributed by atoms with E-state index < -0.39 is 31.5 Å². The lowest BCUT2D eigenvalue weighted by atomic mass is 9.95. The van der Waals surface area contributed by atoms with E-state index in [1.807, 2.05) is 4.57 Å². The fourth-order valence-corrected chi connectivity index (χ4v) is 5.31. The van der Waals surface area contributed by atoms with Crippen LogP contribution in [-0.4, -0.2) is 48.0 Å². The Kier molecular flexibility index (Phi) is 5.92. The molecule has 0 unspecified atom stereocenters. The second-order valence-corrected chi connectivity index (χ2v) is 16.0. The minimum Gasteiger partial charge on any atom is -0.361 e. The number of fused-ring (bicyclic) bond motifs is 2. The Hall–Kier alpha value is -3.56. The molecule has 0 spiro atoms. The number of hydrogen-bond acceptors (Lipinski definition) is 3. The highest BCUT2D eigenvalue weighted by Crippen LogP contribution is 2.41. The molecule has 2 aromatic carbocycles. The fraction of sp³-hybridized carbons (Fsp3) is 0.259. The smallest absolute Gasteiger partial charge is 0.261 e. The van der Waals surface area contributed by atoms with Crippen molar-refractivity contribution in [3.05, 3.63) is 71.6 Å². The zero-order chi connectivity index (χ0) is 25.8. The van der Waals surface area contributed by atoms with Gasteiger partial charge in [0.15, 0.2) is 0 Å². The third-order valence-corrected chi connectivity index (χ3v) is 8.24. The summed E-state index contributed by atoms with van der Waals surface area (Å²) in [6.45, 7) is 7.64. The minimum absolute atomic E-state index is 0.155. The Labute approximate surface area is 208 Å². The van der Waals surface area contributed by atoms with Gasteiger partial charge in [0, 0.05) is 61.5 Å².